The maximum Gasteiger partial charge on any atom is 0.226 e. The van der Waals surface area contributed by atoms with Crippen LogP contribution in [0.1, 0.15) is 31.7 Å². The van der Waals surface area contributed by atoms with E-state index < -0.39 is 0 Å². The number of benzene rings is 1. The minimum Gasteiger partial charge on any atom is -0.330 e. The highest BCUT2D eigenvalue weighted by Gasteiger charge is 2.13. The number of carbonyl (C=O) groups excluding carboxylic acids is 1. The Morgan fingerprint density at radius 1 is 1.29 bits per heavy atom. The van der Waals surface area contributed by atoms with Crippen LogP contribution in [-0.4, -0.2) is 19.0 Å². The summed E-state index contributed by atoms with van der Waals surface area (Å²) < 4.78 is 0. The van der Waals surface area contributed by atoms with Gasteiger partial charge in [-0.1, -0.05) is 24.6 Å². The molecule has 17 heavy (non-hydrogen) atoms. The minimum atomic E-state index is 0.185. The van der Waals surface area contributed by atoms with E-state index in [1.165, 1.54) is 5.56 Å². The molecule has 3 heteroatoms. The number of hydrogen-bond donors (Lipinski definition) is 1. The highest BCUT2D eigenvalue weighted by atomic mass is 16.2. The van der Waals surface area contributed by atoms with Crippen molar-refractivity contribution < 1.29 is 4.79 Å². The van der Waals surface area contributed by atoms with Gasteiger partial charge in [-0.2, -0.15) is 0 Å². The molecule has 0 heterocycles. The highest BCUT2D eigenvalue weighted by molar-refractivity contribution is 5.93. The van der Waals surface area contributed by atoms with Crippen molar-refractivity contribution in [3.63, 3.8) is 0 Å². The molecule has 1 aromatic carbocycles. The first-order valence-electron chi connectivity index (χ1n) is 6.26. The van der Waals surface area contributed by atoms with E-state index in [-0.39, 0.29) is 5.91 Å². The Hall–Kier alpha value is -1.35. The maximum atomic E-state index is 12.0. The van der Waals surface area contributed by atoms with Crippen molar-refractivity contribution in [3.8, 4) is 0 Å². The second kappa shape index (κ2) is 7.07. The summed E-state index contributed by atoms with van der Waals surface area (Å²) in [5, 5.41) is 0. The lowest BCUT2D eigenvalue weighted by molar-refractivity contribution is -0.118. The molecule has 0 saturated carbocycles. The van der Waals surface area contributed by atoms with Gasteiger partial charge in [0, 0.05) is 18.7 Å². The number of amides is 1. The average Bonchev–Trinajstić information content (AvgIpc) is 2.32. The van der Waals surface area contributed by atoms with Gasteiger partial charge in [0.2, 0.25) is 5.91 Å². The molecule has 0 fully saturated rings. The van der Waals surface area contributed by atoms with Gasteiger partial charge in [-0.15, -0.1) is 0 Å². The Bertz CT molecular complexity index is 346. The normalized spacial score (nSPS) is 10.3. The van der Waals surface area contributed by atoms with Crippen molar-refractivity contribution in [2.45, 2.75) is 33.1 Å². The first kappa shape index (κ1) is 13.7. The predicted molar refractivity (Wildman–Crippen MR) is 72.1 cm³/mol. The zero-order valence-electron chi connectivity index (χ0n) is 10.8. The van der Waals surface area contributed by atoms with E-state index in [2.05, 4.69) is 0 Å². The van der Waals surface area contributed by atoms with Gasteiger partial charge in [0.25, 0.3) is 0 Å². The summed E-state index contributed by atoms with van der Waals surface area (Å²) >= 11 is 0. The Morgan fingerprint density at radius 2 is 1.94 bits per heavy atom. The van der Waals surface area contributed by atoms with Crippen LogP contribution in [0.25, 0.3) is 0 Å². The van der Waals surface area contributed by atoms with E-state index in [1.54, 1.807) is 0 Å². The van der Waals surface area contributed by atoms with Crippen LogP contribution in [0, 0.1) is 6.92 Å². The molecule has 0 bridgehead atoms. The van der Waals surface area contributed by atoms with Crippen molar-refractivity contribution in [1.29, 1.82) is 0 Å². The monoisotopic (exact) mass is 234 g/mol. The van der Waals surface area contributed by atoms with Crippen LogP contribution in [0.3, 0.4) is 0 Å². The van der Waals surface area contributed by atoms with E-state index in [4.69, 9.17) is 5.73 Å². The molecule has 3 nitrogen and oxygen atoms in total. The summed E-state index contributed by atoms with van der Waals surface area (Å²) in [7, 11) is 0. The molecule has 0 radical (unpaired) electrons. The van der Waals surface area contributed by atoms with Gasteiger partial charge < -0.3 is 10.6 Å². The van der Waals surface area contributed by atoms with Gasteiger partial charge in [0.15, 0.2) is 0 Å². The van der Waals surface area contributed by atoms with Crippen LogP contribution in [0.2, 0.25) is 0 Å². The van der Waals surface area contributed by atoms with Gasteiger partial charge in [0.1, 0.15) is 0 Å². The van der Waals surface area contributed by atoms with E-state index in [9.17, 15) is 4.79 Å². The maximum absolute atomic E-state index is 12.0. The van der Waals surface area contributed by atoms with Crippen LogP contribution in [-0.2, 0) is 4.79 Å². The van der Waals surface area contributed by atoms with Crippen LogP contribution >= 0.6 is 0 Å². The SMILES string of the molecule is CCCC(=O)N(CCCN)c1ccc(C)cc1. The Morgan fingerprint density at radius 3 is 2.47 bits per heavy atom. The molecule has 1 amide bonds. The van der Waals surface area contributed by atoms with Crippen LogP contribution < -0.4 is 10.6 Å². The number of rotatable bonds is 6. The largest absolute Gasteiger partial charge is 0.330 e. The van der Waals surface area contributed by atoms with Crippen molar-refractivity contribution >= 4 is 11.6 Å². The topological polar surface area (TPSA) is 46.3 Å². The van der Waals surface area contributed by atoms with Gasteiger partial charge in [-0.3, -0.25) is 4.79 Å². The fourth-order valence-electron chi connectivity index (χ4n) is 1.72. The summed E-state index contributed by atoms with van der Waals surface area (Å²) in [6, 6.07) is 8.06. The van der Waals surface area contributed by atoms with Gasteiger partial charge in [-0.25, -0.2) is 0 Å². The van der Waals surface area contributed by atoms with E-state index in [0.717, 1.165) is 18.5 Å². The van der Waals surface area contributed by atoms with Crippen LogP contribution in [0.4, 0.5) is 5.69 Å². The predicted octanol–water partition coefficient (Wildman–Crippen LogP) is 2.48. The smallest absolute Gasteiger partial charge is 0.226 e. The van der Waals surface area contributed by atoms with Gasteiger partial charge in [-0.05, 0) is 38.4 Å². The second-order valence-electron chi connectivity index (χ2n) is 4.27. The van der Waals surface area contributed by atoms with Gasteiger partial charge in [0.05, 0.1) is 0 Å². The van der Waals surface area contributed by atoms with Crippen molar-refractivity contribution in [2.24, 2.45) is 5.73 Å². The summed E-state index contributed by atoms with van der Waals surface area (Å²) in [5.41, 5.74) is 7.69. The van der Waals surface area contributed by atoms with E-state index in [0.29, 0.717) is 19.5 Å². The Kier molecular flexibility index (Phi) is 5.70. The second-order valence-corrected chi connectivity index (χ2v) is 4.27. The fraction of sp³-hybridized carbons (Fsp3) is 0.500. The molecule has 94 valence electrons. The van der Waals surface area contributed by atoms with E-state index in [1.807, 2.05) is 43.0 Å². The molecular formula is C14H22N2O. The Labute approximate surface area is 104 Å². The molecule has 0 aliphatic carbocycles. The van der Waals surface area contributed by atoms with Crippen LogP contribution in [0.15, 0.2) is 24.3 Å². The number of hydrogen-bond acceptors (Lipinski definition) is 2. The molecule has 1 rings (SSSR count). The molecule has 0 aromatic heterocycles. The van der Waals surface area contributed by atoms with E-state index >= 15 is 0 Å². The Balaban J connectivity index is 2.81. The lowest BCUT2D eigenvalue weighted by Crippen LogP contribution is -2.32. The summed E-state index contributed by atoms with van der Waals surface area (Å²) in [6.45, 7) is 5.39. The molecule has 0 atom stereocenters. The van der Waals surface area contributed by atoms with Crippen molar-refractivity contribution in [3.05, 3.63) is 29.8 Å². The minimum absolute atomic E-state index is 0.185. The molecule has 0 aliphatic rings. The third kappa shape index (κ3) is 4.19. The first-order chi connectivity index (χ1) is 8.19. The summed E-state index contributed by atoms with van der Waals surface area (Å²) in [5.74, 6) is 0.185. The molecule has 0 aliphatic heterocycles. The summed E-state index contributed by atoms with van der Waals surface area (Å²) in [4.78, 5) is 13.9. The number of carbonyl (C=O) groups is 1. The molecule has 2 N–H and O–H groups in total. The molecule has 0 saturated heterocycles. The lowest BCUT2D eigenvalue weighted by atomic mass is 10.2. The first-order valence-corrected chi connectivity index (χ1v) is 6.26. The fourth-order valence-corrected chi connectivity index (χ4v) is 1.72. The number of aryl methyl sites for hydroxylation is 1. The average molecular weight is 234 g/mol. The molecule has 0 unspecified atom stereocenters. The molecule has 1 aromatic rings. The lowest BCUT2D eigenvalue weighted by Gasteiger charge is -2.22. The zero-order valence-corrected chi connectivity index (χ0v) is 10.8. The van der Waals surface area contributed by atoms with Crippen LogP contribution in [0.5, 0.6) is 0 Å². The van der Waals surface area contributed by atoms with Crippen molar-refractivity contribution in [1.82, 2.24) is 0 Å². The molecular weight excluding hydrogens is 212 g/mol. The van der Waals surface area contributed by atoms with Crippen molar-refractivity contribution in [2.75, 3.05) is 18.0 Å². The zero-order chi connectivity index (χ0) is 12.7. The number of nitrogens with two attached hydrogens (primary N) is 1. The summed E-state index contributed by atoms with van der Waals surface area (Å²) in [6.07, 6.45) is 2.31. The standard InChI is InChI=1S/C14H22N2O/c1-3-5-14(17)16(11-4-10-15)13-8-6-12(2)7-9-13/h6-9H,3-5,10-11,15H2,1-2H3. The number of anilines is 1. The highest BCUT2D eigenvalue weighted by Crippen LogP contribution is 2.17. The molecule has 0 spiro atoms. The quantitative estimate of drug-likeness (QED) is 0.822. The third-order valence-corrected chi connectivity index (χ3v) is 2.70. The number of nitrogens with zero attached hydrogens (tertiary/aromatic N) is 1. The van der Waals surface area contributed by atoms with Gasteiger partial charge >= 0.3 is 0 Å². The third-order valence-electron chi connectivity index (χ3n) is 2.70.